The number of nitrogens with one attached hydrogen (secondary N) is 2. The highest BCUT2D eigenvalue weighted by molar-refractivity contribution is 5.92. The van der Waals surface area contributed by atoms with Gasteiger partial charge in [0.2, 0.25) is 0 Å². The summed E-state index contributed by atoms with van der Waals surface area (Å²) in [6.07, 6.45) is 1.72. The summed E-state index contributed by atoms with van der Waals surface area (Å²) in [4.78, 5) is 20.3. The maximum atomic E-state index is 12.5. The van der Waals surface area contributed by atoms with E-state index in [-0.39, 0.29) is 12.5 Å². The van der Waals surface area contributed by atoms with Crippen LogP contribution in [-0.4, -0.2) is 29.6 Å². The Balaban J connectivity index is 1.22. The average molecular weight is 545 g/mol. The highest BCUT2D eigenvalue weighted by Crippen LogP contribution is 2.30. The van der Waals surface area contributed by atoms with Crippen molar-refractivity contribution >= 4 is 34.3 Å². The Labute approximate surface area is 237 Å². The van der Waals surface area contributed by atoms with E-state index in [9.17, 15) is 10.1 Å². The monoisotopic (exact) mass is 544 g/mol. The lowest BCUT2D eigenvalue weighted by molar-refractivity contribution is -0.118. The second-order valence-corrected chi connectivity index (χ2v) is 9.40. The van der Waals surface area contributed by atoms with E-state index < -0.39 is 0 Å². The van der Waals surface area contributed by atoms with Gasteiger partial charge in [-0.3, -0.25) is 4.79 Å². The predicted octanol–water partition coefficient (Wildman–Crippen LogP) is 7.06. The zero-order valence-corrected chi connectivity index (χ0v) is 22.9. The highest BCUT2D eigenvalue weighted by atomic mass is 16.5. The molecule has 8 nitrogen and oxygen atoms in total. The van der Waals surface area contributed by atoms with E-state index >= 15 is 0 Å². The van der Waals surface area contributed by atoms with Gasteiger partial charge in [0.25, 0.3) is 5.91 Å². The van der Waals surface area contributed by atoms with E-state index in [0.29, 0.717) is 34.3 Å². The Morgan fingerprint density at radius 1 is 0.951 bits per heavy atom. The number of aromatic nitrogens is 2. The molecule has 5 rings (SSSR count). The standard InChI is InChI=1S/C33H28N4O4/c1-21-15-28-29(16-22(21)2)37-33(36-28)24(19-34)17-23-9-14-30(31(18-23)39-3)40-20-32(38)35-25-10-12-27(13-11-25)41-26-7-5-4-6-8-26/h4-18H,20H2,1-3H3,(H,35,38)(H,36,37)/b24-17+. The Morgan fingerprint density at radius 2 is 1.68 bits per heavy atom. The summed E-state index contributed by atoms with van der Waals surface area (Å²) in [7, 11) is 1.52. The number of ether oxygens (including phenoxy) is 3. The van der Waals surface area contributed by atoms with Crippen molar-refractivity contribution in [3.05, 3.63) is 107 Å². The number of para-hydroxylation sites is 1. The molecule has 204 valence electrons. The first-order chi connectivity index (χ1) is 19.9. The van der Waals surface area contributed by atoms with Gasteiger partial charge in [0.1, 0.15) is 23.4 Å². The molecule has 8 heteroatoms. The first kappa shape index (κ1) is 27.0. The number of carbonyl (C=O) groups excluding carboxylic acids is 1. The Kier molecular flexibility index (Phi) is 7.98. The third-order valence-electron chi connectivity index (χ3n) is 6.45. The maximum Gasteiger partial charge on any atom is 0.262 e. The summed E-state index contributed by atoms with van der Waals surface area (Å²) in [5, 5.41) is 12.6. The summed E-state index contributed by atoms with van der Waals surface area (Å²) in [5.74, 6) is 2.39. The minimum atomic E-state index is -0.324. The van der Waals surface area contributed by atoms with Crippen LogP contribution in [0.5, 0.6) is 23.0 Å². The van der Waals surface area contributed by atoms with Gasteiger partial charge in [-0.15, -0.1) is 0 Å². The molecule has 5 aromatic rings. The SMILES string of the molecule is COc1cc(/C=C(\C#N)c2nc3cc(C)c(C)cc3[nH]2)ccc1OCC(=O)Nc1ccc(Oc2ccccc2)cc1. The van der Waals surface area contributed by atoms with Crippen LogP contribution < -0.4 is 19.5 Å². The molecular weight excluding hydrogens is 516 g/mol. The third kappa shape index (κ3) is 6.54. The average Bonchev–Trinajstić information content (AvgIpc) is 3.39. The van der Waals surface area contributed by atoms with Crippen molar-refractivity contribution in [1.29, 1.82) is 5.26 Å². The van der Waals surface area contributed by atoms with Crippen LogP contribution in [0.1, 0.15) is 22.5 Å². The van der Waals surface area contributed by atoms with Crippen LogP contribution in [0.2, 0.25) is 0 Å². The number of benzene rings is 4. The van der Waals surface area contributed by atoms with E-state index in [0.717, 1.165) is 33.5 Å². The second kappa shape index (κ2) is 12.1. The van der Waals surface area contributed by atoms with Gasteiger partial charge in [-0.1, -0.05) is 24.3 Å². The van der Waals surface area contributed by atoms with Gasteiger partial charge in [-0.2, -0.15) is 5.26 Å². The fourth-order valence-electron chi connectivity index (χ4n) is 4.18. The van der Waals surface area contributed by atoms with Crippen LogP contribution in [0.4, 0.5) is 5.69 Å². The number of methoxy groups -OCH3 is 1. The van der Waals surface area contributed by atoms with Gasteiger partial charge < -0.3 is 24.5 Å². The van der Waals surface area contributed by atoms with Crippen LogP contribution in [-0.2, 0) is 4.79 Å². The topological polar surface area (TPSA) is 109 Å². The number of fused-ring (bicyclic) bond motifs is 1. The van der Waals surface area contributed by atoms with E-state index in [1.807, 2.05) is 56.3 Å². The lowest BCUT2D eigenvalue weighted by atomic mass is 10.1. The van der Waals surface area contributed by atoms with Crippen molar-refractivity contribution in [2.45, 2.75) is 13.8 Å². The first-order valence-corrected chi connectivity index (χ1v) is 12.9. The minimum Gasteiger partial charge on any atom is -0.493 e. The summed E-state index contributed by atoms with van der Waals surface area (Å²) >= 11 is 0. The fourth-order valence-corrected chi connectivity index (χ4v) is 4.18. The van der Waals surface area contributed by atoms with E-state index in [2.05, 4.69) is 21.4 Å². The number of rotatable bonds is 9. The van der Waals surface area contributed by atoms with Gasteiger partial charge >= 0.3 is 0 Å². The molecule has 0 aliphatic carbocycles. The molecule has 2 N–H and O–H groups in total. The van der Waals surface area contributed by atoms with Gasteiger partial charge in [-0.05, 0) is 97.3 Å². The zero-order valence-electron chi connectivity index (χ0n) is 22.9. The lowest BCUT2D eigenvalue weighted by Crippen LogP contribution is -2.20. The van der Waals surface area contributed by atoms with E-state index in [1.165, 1.54) is 7.11 Å². The number of aryl methyl sites for hydroxylation is 2. The largest absolute Gasteiger partial charge is 0.493 e. The maximum absolute atomic E-state index is 12.5. The summed E-state index contributed by atoms with van der Waals surface area (Å²) < 4.78 is 17.0. The fraction of sp³-hybridized carbons (Fsp3) is 0.121. The second-order valence-electron chi connectivity index (χ2n) is 9.40. The quantitative estimate of drug-likeness (QED) is 0.192. The highest BCUT2D eigenvalue weighted by Gasteiger charge is 2.12. The molecule has 0 atom stereocenters. The van der Waals surface area contributed by atoms with Crippen molar-refractivity contribution in [2.24, 2.45) is 0 Å². The molecule has 0 saturated heterocycles. The smallest absolute Gasteiger partial charge is 0.262 e. The third-order valence-corrected chi connectivity index (χ3v) is 6.45. The van der Waals surface area contributed by atoms with Gasteiger partial charge in [-0.25, -0.2) is 4.98 Å². The molecule has 0 spiro atoms. The van der Waals surface area contributed by atoms with Crippen molar-refractivity contribution in [3.63, 3.8) is 0 Å². The lowest BCUT2D eigenvalue weighted by Gasteiger charge is -2.12. The van der Waals surface area contributed by atoms with Crippen LogP contribution >= 0.6 is 0 Å². The summed E-state index contributed by atoms with van der Waals surface area (Å²) in [5.41, 5.74) is 5.69. The van der Waals surface area contributed by atoms with Crippen molar-refractivity contribution in [3.8, 4) is 29.1 Å². The predicted molar refractivity (Wildman–Crippen MR) is 159 cm³/mol. The Morgan fingerprint density at radius 3 is 2.41 bits per heavy atom. The number of anilines is 1. The minimum absolute atomic E-state index is 0.213. The number of imidazole rings is 1. The van der Waals surface area contributed by atoms with Crippen LogP contribution in [0.3, 0.4) is 0 Å². The molecule has 0 aliphatic heterocycles. The van der Waals surface area contributed by atoms with E-state index in [1.54, 1.807) is 48.5 Å². The number of aromatic amines is 1. The number of nitriles is 1. The number of allylic oxidation sites excluding steroid dienone is 1. The van der Waals surface area contributed by atoms with Crippen LogP contribution in [0.15, 0.2) is 84.9 Å². The molecule has 1 heterocycles. The molecule has 0 fully saturated rings. The molecule has 0 aliphatic rings. The Hall–Kier alpha value is -5.55. The van der Waals surface area contributed by atoms with Crippen molar-refractivity contribution in [1.82, 2.24) is 9.97 Å². The molecule has 1 aromatic heterocycles. The number of amides is 1. The molecule has 0 saturated carbocycles. The number of hydrogen-bond donors (Lipinski definition) is 2. The number of hydrogen-bond acceptors (Lipinski definition) is 6. The number of H-pyrrole nitrogens is 1. The van der Waals surface area contributed by atoms with Gasteiger partial charge in [0.15, 0.2) is 18.1 Å². The normalized spacial score (nSPS) is 11.1. The molecule has 0 unspecified atom stereocenters. The molecule has 41 heavy (non-hydrogen) atoms. The molecule has 1 amide bonds. The molecule has 4 aromatic carbocycles. The Bertz CT molecular complexity index is 1730. The van der Waals surface area contributed by atoms with Gasteiger partial charge in [0.05, 0.1) is 23.7 Å². The summed E-state index contributed by atoms with van der Waals surface area (Å²) in [6.45, 7) is 3.86. The molecular formula is C33H28N4O4. The van der Waals surface area contributed by atoms with Crippen LogP contribution in [0.25, 0.3) is 22.7 Å². The number of carbonyl (C=O) groups is 1. The zero-order chi connectivity index (χ0) is 28.8. The molecule has 0 bridgehead atoms. The van der Waals surface area contributed by atoms with Crippen molar-refractivity contribution < 1.29 is 19.0 Å². The van der Waals surface area contributed by atoms with Gasteiger partial charge in [0, 0.05) is 5.69 Å². The summed E-state index contributed by atoms with van der Waals surface area (Å²) in [6, 6.07) is 28.0. The first-order valence-electron chi connectivity index (χ1n) is 12.9. The van der Waals surface area contributed by atoms with E-state index in [4.69, 9.17) is 14.2 Å². The molecule has 0 radical (unpaired) electrons. The van der Waals surface area contributed by atoms with Crippen LogP contribution in [0, 0.1) is 25.2 Å². The van der Waals surface area contributed by atoms with Crippen molar-refractivity contribution in [2.75, 3.05) is 19.0 Å². The number of nitrogens with zero attached hydrogens (tertiary/aromatic N) is 2.